The first-order valence-corrected chi connectivity index (χ1v) is 5.71. The molecule has 0 saturated carbocycles. The van der Waals surface area contributed by atoms with E-state index in [4.69, 9.17) is 5.11 Å². The minimum Gasteiger partial charge on any atom is -0.481 e. The third-order valence-corrected chi connectivity index (χ3v) is 2.82. The molecule has 1 atom stereocenters. The minimum absolute atomic E-state index is 0.243. The van der Waals surface area contributed by atoms with Crippen LogP contribution < -0.4 is 10.6 Å². The maximum Gasteiger partial charge on any atom is 0.305 e. The van der Waals surface area contributed by atoms with Crippen molar-refractivity contribution in [1.82, 2.24) is 5.32 Å². The number of carboxylic acid groups (broad SMARTS) is 1. The van der Waals surface area contributed by atoms with Gasteiger partial charge in [0.05, 0.1) is 12.5 Å². The zero-order valence-electron chi connectivity index (χ0n) is 10.8. The molecule has 0 aliphatic rings. The van der Waals surface area contributed by atoms with Crippen molar-refractivity contribution in [2.45, 2.75) is 26.3 Å². The van der Waals surface area contributed by atoms with E-state index in [2.05, 4.69) is 10.6 Å². The number of carbonyl (C=O) groups excluding carboxylic acids is 1. The molecule has 0 fully saturated rings. The number of likely N-dealkylation sites (N-methyl/N-ethyl adjacent to an activating group) is 1. The number of amides is 1. The smallest absolute Gasteiger partial charge is 0.305 e. The molecule has 1 aromatic rings. The van der Waals surface area contributed by atoms with E-state index in [1.54, 1.807) is 13.1 Å². The largest absolute Gasteiger partial charge is 0.481 e. The Kier molecular flexibility index (Phi) is 4.85. The van der Waals surface area contributed by atoms with Gasteiger partial charge in [-0.15, -0.1) is 0 Å². The van der Waals surface area contributed by atoms with Crippen molar-refractivity contribution in [3.63, 3.8) is 0 Å². The van der Waals surface area contributed by atoms with Crippen molar-refractivity contribution in [3.05, 3.63) is 29.3 Å². The van der Waals surface area contributed by atoms with E-state index in [0.717, 1.165) is 11.1 Å². The lowest BCUT2D eigenvalue weighted by molar-refractivity contribution is -0.139. The summed E-state index contributed by atoms with van der Waals surface area (Å²) in [5.74, 6) is -1.35. The Labute approximate surface area is 106 Å². The highest BCUT2D eigenvalue weighted by Gasteiger charge is 2.19. The number of nitrogens with one attached hydrogen (secondary N) is 2. The van der Waals surface area contributed by atoms with Gasteiger partial charge in [-0.05, 0) is 44.2 Å². The van der Waals surface area contributed by atoms with Crippen LogP contribution in [0.2, 0.25) is 0 Å². The fourth-order valence-electron chi connectivity index (χ4n) is 1.55. The Morgan fingerprint density at radius 2 is 1.94 bits per heavy atom. The van der Waals surface area contributed by atoms with Crippen LogP contribution in [-0.2, 0) is 9.59 Å². The molecule has 0 heterocycles. The average Bonchev–Trinajstić information content (AvgIpc) is 2.30. The molecule has 1 aromatic carbocycles. The van der Waals surface area contributed by atoms with E-state index in [9.17, 15) is 9.59 Å². The molecule has 5 heteroatoms. The molecule has 0 aromatic heterocycles. The van der Waals surface area contributed by atoms with Crippen LogP contribution in [0.1, 0.15) is 17.5 Å². The summed E-state index contributed by atoms with van der Waals surface area (Å²) < 4.78 is 0. The summed E-state index contributed by atoms with van der Waals surface area (Å²) in [4.78, 5) is 22.4. The molecule has 1 amide bonds. The predicted octanol–water partition coefficient (Wildman–Crippen LogP) is 1.30. The normalized spacial score (nSPS) is 11.9. The first kappa shape index (κ1) is 14.2. The molecule has 3 N–H and O–H groups in total. The molecule has 5 nitrogen and oxygen atoms in total. The van der Waals surface area contributed by atoms with Gasteiger partial charge in [0, 0.05) is 5.69 Å². The van der Waals surface area contributed by atoms with E-state index >= 15 is 0 Å². The first-order valence-electron chi connectivity index (χ1n) is 5.71. The van der Waals surface area contributed by atoms with Crippen LogP contribution in [0.15, 0.2) is 18.2 Å². The van der Waals surface area contributed by atoms with Crippen LogP contribution >= 0.6 is 0 Å². The standard InChI is InChI=1S/C13H18N2O3/c1-8-4-5-10(6-9(8)2)15-13(18)11(14-3)7-12(16)17/h4-6,11,14H,7H2,1-3H3,(H,15,18)(H,16,17)/t11-/m0/s1. The molecule has 98 valence electrons. The third-order valence-electron chi connectivity index (χ3n) is 2.82. The molecule has 18 heavy (non-hydrogen) atoms. The fraction of sp³-hybridized carbons (Fsp3) is 0.385. The number of anilines is 1. The van der Waals surface area contributed by atoms with Gasteiger partial charge < -0.3 is 15.7 Å². The molecule has 0 bridgehead atoms. The van der Waals surface area contributed by atoms with E-state index in [-0.39, 0.29) is 12.3 Å². The highest BCUT2D eigenvalue weighted by Crippen LogP contribution is 2.14. The van der Waals surface area contributed by atoms with Gasteiger partial charge in [-0.3, -0.25) is 9.59 Å². The highest BCUT2D eigenvalue weighted by atomic mass is 16.4. The number of benzene rings is 1. The molecule has 0 radical (unpaired) electrons. The van der Waals surface area contributed by atoms with Crippen molar-refractivity contribution in [2.24, 2.45) is 0 Å². The fourth-order valence-corrected chi connectivity index (χ4v) is 1.55. The Balaban J connectivity index is 2.73. The van der Waals surface area contributed by atoms with E-state index < -0.39 is 12.0 Å². The number of carbonyl (C=O) groups is 2. The number of rotatable bonds is 5. The molecule has 0 unspecified atom stereocenters. The number of hydrogen-bond acceptors (Lipinski definition) is 3. The lowest BCUT2D eigenvalue weighted by atomic mass is 10.1. The number of aliphatic carboxylic acids is 1. The van der Waals surface area contributed by atoms with E-state index in [1.165, 1.54) is 0 Å². The van der Waals surface area contributed by atoms with Crippen LogP contribution in [0.4, 0.5) is 5.69 Å². The quantitative estimate of drug-likeness (QED) is 0.736. The van der Waals surface area contributed by atoms with E-state index in [1.807, 2.05) is 26.0 Å². The third kappa shape index (κ3) is 3.85. The van der Waals surface area contributed by atoms with Gasteiger partial charge in [-0.2, -0.15) is 0 Å². The topological polar surface area (TPSA) is 78.4 Å². The summed E-state index contributed by atoms with van der Waals surface area (Å²) in [7, 11) is 1.56. The highest BCUT2D eigenvalue weighted by molar-refractivity contribution is 5.96. The van der Waals surface area contributed by atoms with Crippen LogP contribution in [0.3, 0.4) is 0 Å². The van der Waals surface area contributed by atoms with Gasteiger partial charge in [0.25, 0.3) is 0 Å². The maximum atomic E-state index is 11.8. The summed E-state index contributed by atoms with van der Waals surface area (Å²) in [6, 6.07) is 4.84. The van der Waals surface area contributed by atoms with Crippen LogP contribution in [-0.4, -0.2) is 30.1 Å². The summed E-state index contributed by atoms with van der Waals surface area (Å²) in [6.45, 7) is 3.94. The van der Waals surface area contributed by atoms with E-state index in [0.29, 0.717) is 5.69 Å². The van der Waals surface area contributed by atoms with Crippen LogP contribution in [0.25, 0.3) is 0 Å². The van der Waals surface area contributed by atoms with Gasteiger partial charge in [-0.1, -0.05) is 6.07 Å². The van der Waals surface area contributed by atoms with Crippen LogP contribution in [0, 0.1) is 13.8 Å². The molecule has 0 aliphatic heterocycles. The SMILES string of the molecule is CN[C@@H](CC(=O)O)C(=O)Nc1ccc(C)c(C)c1. The number of carboxylic acids is 1. The summed E-state index contributed by atoms with van der Waals surface area (Å²) in [6.07, 6.45) is -0.243. The van der Waals surface area contributed by atoms with Crippen molar-refractivity contribution in [3.8, 4) is 0 Å². The minimum atomic E-state index is -1.01. The predicted molar refractivity (Wildman–Crippen MR) is 69.6 cm³/mol. The van der Waals surface area contributed by atoms with Gasteiger partial charge in [0.15, 0.2) is 0 Å². The van der Waals surface area contributed by atoms with Crippen molar-refractivity contribution in [2.75, 3.05) is 12.4 Å². The molecular formula is C13H18N2O3. The molecule has 0 aliphatic carbocycles. The van der Waals surface area contributed by atoms with Crippen molar-refractivity contribution >= 4 is 17.6 Å². The Bertz CT molecular complexity index is 458. The average molecular weight is 250 g/mol. The van der Waals surface area contributed by atoms with Gasteiger partial charge in [0.1, 0.15) is 0 Å². The summed E-state index contributed by atoms with van der Waals surface area (Å²) in [5.41, 5.74) is 2.89. The first-order chi connectivity index (χ1) is 8.43. The molecule has 0 spiro atoms. The zero-order valence-corrected chi connectivity index (χ0v) is 10.8. The lowest BCUT2D eigenvalue weighted by Crippen LogP contribution is -2.40. The summed E-state index contributed by atoms with van der Waals surface area (Å²) >= 11 is 0. The Morgan fingerprint density at radius 1 is 1.28 bits per heavy atom. The summed E-state index contributed by atoms with van der Waals surface area (Å²) in [5, 5.41) is 14.1. The Morgan fingerprint density at radius 3 is 2.44 bits per heavy atom. The van der Waals surface area contributed by atoms with Crippen molar-refractivity contribution in [1.29, 1.82) is 0 Å². The number of hydrogen-bond donors (Lipinski definition) is 3. The monoisotopic (exact) mass is 250 g/mol. The molecule has 1 rings (SSSR count). The van der Waals surface area contributed by atoms with Crippen LogP contribution in [0.5, 0.6) is 0 Å². The Hall–Kier alpha value is -1.88. The maximum absolute atomic E-state index is 11.8. The molecule has 0 saturated heterocycles. The second kappa shape index (κ2) is 6.16. The number of aryl methyl sites for hydroxylation is 2. The van der Waals surface area contributed by atoms with Gasteiger partial charge >= 0.3 is 5.97 Å². The second-order valence-electron chi connectivity index (χ2n) is 4.23. The molecular weight excluding hydrogens is 232 g/mol. The van der Waals surface area contributed by atoms with Gasteiger partial charge in [-0.25, -0.2) is 0 Å². The lowest BCUT2D eigenvalue weighted by Gasteiger charge is -2.14. The zero-order chi connectivity index (χ0) is 13.7. The second-order valence-corrected chi connectivity index (χ2v) is 4.23. The van der Waals surface area contributed by atoms with Gasteiger partial charge in [0.2, 0.25) is 5.91 Å². The van der Waals surface area contributed by atoms with Crippen molar-refractivity contribution < 1.29 is 14.7 Å².